The molecule has 0 aromatic carbocycles. The van der Waals surface area contributed by atoms with Crippen molar-refractivity contribution in [3.8, 4) is 0 Å². The molecule has 0 amide bonds. The molecule has 1 spiro atoms. The third kappa shape index (κ3) is 3.97. The van der Waals surface area contributed by atoms with Gasteiger partial charge in [-0.05, 0) is 19.4 Å². The Morgan fingerprint density at radius 2 is 1.71 bits per heavy atom. The third-order valence-corrected chi connectivity index (χ3v) is 2.76. The van der Waals surface area contributed by atoms with Gasteiger partial charge in [0.05, 0.1) is 0 Å². The standard InChI is InChI=1S/C8H16N2.2C2H6/c1-2-10-6-5-9-8(7-10)3-4-8;2*1-2/h9H,2-7H2,1H3;2*1-2H3. The van der Waals surface area contributed by atoms with Gasteiger partial charge >= 0.3 is 0 Å². The van der Waals surface area contributed by atoms with Crippen LogP contribution in [-0.4, -0.2) is 36.6 Å². The zero-order valence-corrected chi connectivity index (χ0v) is 10.7. The van der Waals surface area contributed by atoms with Crippen LogP contribution in [-0.2, 0) is 0 Å². The van der Waals surface area contributed by atoms with E-state index in [1.54, 1.807) is 0 Å². The summed E-state index contributed by atoms with van der Waals surface area (Å²) in [6, 6.07) is 0. The Morgan fingerprint density at radius 1 is 1.14 bits per heavy atom. The van der Waals surface area contributed by atoms with E-state index in [9.17, 15) is 0 Å². The van der Waals surface area contributed by atoms with E-state index in [-0.39, 0.29) is 0 Å². The maximum Gasteiger partial charge on any atom is 0.0310 e. The summed E-state index contributed by atoms with van der Waals surface area (Å²) >= 11 is 0. The predicted molar refractivity (Wildman–Crippen MR) is 64.8 cm³/mol. The minimum Gasteiger partial charge on any atom is -0.309 e. The van der Waals surface area contributed by atoms with Crippen molar-refractivity contribution in [2.24, 2.45) is 0 Å². The molecule has 1 N–H and O–H groups in total. The highest BCUT2D eigenvalue weighted by atomic mass is 15.2. The van der Waals surface area contributed by atoms with Crippen LogP contribution in [0.4, 0.5) is 0 Å². The SMILES string of the molecule is CC.CC.CCN1CCNC2(CC2)C1. The second-order valence-corrected chi connectivity index (χ2v) is 3.58. The highest BCUT2D eigenvalue weighted by Gasteiger charge is 2.44. The average Bonchev–Trinajstić information content (AvgIpc) is 3.03. The van der Waals surface area contributed by atoms with Gasteiger partial charge in [-0.3, -0.25) is 0 Å². The predicted octanol–water partition coefficient (Wildman–Crippen LogP) is 2.50. The number of hydrogen-bond donors (Lipinski definition) is 1. The Morgan fingerprint density at radius 3 is 2.14 bits per heavy atom. The van der Waals surface area contributed by atoms with Gasteiger partial charge in [-0.15, -0.1) is 0 Å². The summed E-state index contributed by atoms with van der Waals surface area (Å²) in [5.74, 6) is 0. The Labute approximate surface area is 90.1 Å². The molecule has 1 heterocycles. The van der Waals surface area contributed by atoms with Crippen molar-refractivity contribution in [3.05, 3.63) is 0 Å². The lowest BCUT2D eigenvalue weighted by molar-refractivity contribution is 0.198. The van der Waals surface area contributed by atoms with Crippen LogP contribution in [0.5, 0.6) is 0 Å². The minimum atomic E-state index is 0.578. The van der Waals surface area contributed by atoms with Crippen molar-refractivity contribution < 1.29 is 0 Å². The molecule has 2 heteroatoms. The summed E-state index contributed by atoms with van der Waals surface area (Å²) in [4.78, 5) is 2.55. The van der Waals surface area contributed by atoms with Gasteiger partial charge in [0, 0.05) is 25.2 Å². The van der Waals surface area contributed by atoms with Crippen LogP contribution in [0.3, 0.4) is 0 Å². The summed E-state index contributed by atoms with van der Waals surface area (Å²) < 4.78 is 0. The Bertz CT molecular complexity index is 130. The minimum absolute atomic E-state index is 0.578. The van der Waals surface area contributed by atoms with Crippen LogP contribution in [0.15, 0.2) is 0 Å². The molecule has 0 radical (unpaired) electrons. The van der Waals surface area contributed by atoms with E-state index in [1.165, 1.54) is 39.0 Å². The highest BCUT2D eigenvalue weighted by molar-refractivity contribution is 5.06. The van der Waals surface area contributed by atoms with E-state index < -0.39 is 0 Å². The summed E-state index contributed by atoms with van der Waals surface area (Å²) in [6.07, 6.45) is 2.81. The quantitative estimate of drug-likeness (QED) is 0.699. The van der Waals surface area contributed by atoms with Gasteiger partial charge in [0.2, 0.25) is 0 Å². The summed E-state index contributed by atoms with van der Waals surface area (Å²) in [7, 11) is 0. The number of nitrogens with zero attached hydrogens (tertiary/aromatic N) is 1. The van der Waals surface area contributed by atoms with Gasteiger partial charge < -0.3 is 10.2 Å². The number of hydrogen-bond acceptors (Lipinski definition) is 2. The van der Waals surface area contributed by atoms with E-state index in [0.717, 1.165) is 0 Å². The van der Waals surface area contributed by atoms with Crippen molar-refractivity contribution in [2.75, 3.05) is 26.2 Å². The molecule has 2 aliphatic rings. The van der Waals surface area contributed by atoms with Crippen molar-refractivity contribution in [2.45, 2.75) is 53.0 Å². The van der Waals surface area contributed by atoms with Crippen molar-refractivity contribution in [1.82, 2.24) is 10.2 Å². The van der Waals surface area contributed by atoms with E-state index in [1.807, 2.05) is 27.7 Å². The van der Waals surface area contributed by atoms with Crippen LogP contribution in [0.1, 0.15) is 47.5 Å². The Hall–Kier alpha value is -0.0800. The van der Waals surface area contributed by atoms with E-state index in [2.05, 4.69) is 17.1 Å². The van der Waals surface area contributed by atoms with Crippen molar-refractivity contribution in [3.63, 3.8) is 0 Å². The molecule has 0 atom stereocenters. The average molecular weight is 200 g/mol. The molecule has 86 valence electrons. The lowest BCUT2D eigenvalue weighted by Crippen LogP contribution is -2.52. The molecule has 1 aliphatic carbocycles. The Balaban J connectivity index is 0.000000379. The summed E-state index contributed by atoms with van der Waals surface area (Å²) in [5.41, 5.74) is 0.578. The highest BCUT2D eigenvalue weighted by Crippen LogP contribution is 2.37. The van der Waals surface area contributed by atoms with Gasteiger partial charge in [-0.25, -0.2) is 0 Å². The first-order chi connectivity index (χ1) is 6.85. The van der Waals surface area contributed by atoms with Crippen LogP contribution >= 0.6 is 0 Å². The second-order valence-electron chi connectivity index (χ2n) is 3.58. The number of likely N-dealkylation sites (N-methyl/N-ethyl adjacent to an activating group) is 1. The zero-order chi connectivity index (χ0) is 11.0. The fraction of sp³-hybridized carbons (Fsp3) is 1.00. The topological polar surface area (TPSA) is 15.3 Å². The number of piperazine rings is 1. The van der Waals surface area contributed by atoms with Crippen molar-refractivity contribution >= 4 is 0 Å². The Kier molecular flexibility index (Phi) is 7.20. The molecule has 1 aliphatic heterocycles. The number of nitrogens with one attached hydrogen (secondary N) is 1. The molecule has 14 heavy (non-hydrogen) atoms. The molecular weight excluding hydrogens is 172 g/mol. The zero-order valence-electron chi connectivity index (χ0n) is 10.7. The molecular formula is C12H28N2. The van der Waals surface area contributed by atoms with Gasteiger partial charge in [-0.2, -0.15) is 0 Å². The van der Waals surface area contributed by atoms with E-state index >= 15 is 0 Å². The molecule has 0 aromatic heterocycles. The lowest BCUT2D eigenvalue weighted by Gasteiger charge is -2.32. The van der Waals surface area contributed by atoms with Crippen molar-refractivity contribution in [1.29, 1.82) is 0 Å². The fourth-order valence-electron chi connectivity index (χ4n) is 1.80. The van der Waals surface area contributed by atoms with Gasteiger partial charge in [0.15, 0.2) is 0 Å². The molecule has 1 saturated heterocycles. The maximum atomic E-state index is 3.59. The monoisotopic (exact) mass is 200 g/mol. The summed E-state index contributed by atoms with van der Waals surface area (Å²) in [5, 5.41) is 3.59. The molecule has 1 saturated carbocycles. The van der Waals surface area contributed by atoms with Crippen LogP contribution in [0.2, 0.25) is 0 Å². The lowest BCUT2D eigenvalue weighted by atomic mass is 10.2. The molecule has 0 unspecified atom stereocenters. The molecule has 0 aromatic rings. The molecule has 2 nitrogen and oxygen atoms in total. The second kappa shape index (κ2) is 7.24. The first-order valence-electron chi connectivity index (χ1n) is 6.32. The molecule has 0 bridgehead atoms. The maximum absolute atomic E-state index is 3.59. The van der Waals surface area contributed by atoms with Crippen LogP contribution in [0.25, 0.3) is 0 Å². The van der Waals surface area contributed by atoms with Crippen LogP contribution in [0, 0.1) is 0 Å². The normalized spacial score (nSPS) is 22.9. The largest absolute Gasteiger partial charge is 0.309 e. The third-order valence-electron chi connectivity index (χ3n) is 2.76. The summed E-state index contributed by atoms with van der Waals surface area (Å²) in [6.45, 7) is 15.2. The number of rotatable bonds is 1. The van der Waals surface area contributed by atoms with Gasteiger partial charge in [0.1, 0.15) is 0 Å². The molecule has 2 fully saturated rings. The molecule has 2 rings (SSSR count). The van der Waals surface area contributed by atoms with Gasteiger partial charge in [0.25, 0.3) is 0 Å². The van der Waals surface area contributed by atoms with Crippen LogP contribution < -0.4 is 5.32 Å². The smallest absolute Gasteiger partial charge is 0.0310 e. The fourth-order valence-corrected chi connectivity index (χ4v) is 1.80. The van der Waals surface area contributed by atoms with E-state index in [4.69, 9.17) is 0 Å². The van der Waals surface area contributed by atoms with E-state index in [0.29, 0.717) is 5.54 Å². The van der Waals surface area contributed by atoms with Gasteiger partial charge in [-0.1, -0.05) is 34.6 Å². The first-order valence-corrected chi connectivity index (χ1v) is 6.32. The first kappa shape index (κ1) is 13.9.